The van der Waals surface area contributed by atoms with E-state index in [1.165, 1.54) is 12.1 Å². The van der Waals surface area contributed by atoms with E-state index in [1.54, 1.807) is 24.1 Å². The number of anilines is 1. The lowest BCUT2D eigenvalue weighted by molar-refractivity contribution is 0.0988. The molecule has 5 nitrogen and oxygen atoms in total. The van der Waals surface area contributed by atoms with Crippen molar-refractivity contribution in [3.05, 3.63) is 102 Å². The maximum absolute atomic E-state index is 13.6. The van der Waals surface area contributed by atoms with Gasteiger partial charge >= 0.3 is 0 Å². The third-order valence-electron chi connectivity index (χ3n) is 5.35. The fraction of sp³-hybridized carbons (Fsp3) is 0.0833. The molecule has 3 aromatic carbocycles. The Morgan fingerprint density at radius 3 is 2.33 bits per heavy atom. The third kappa shape index (κ3) is 2.85. The molecule has 0 radical (unpaired) electrons. The first-order valence-corrected chi connectivity index (χ1v) is 9.54. The molecule has 0 spiro atoms. The molecule has 1 aromatic heterocycles. The number of nitrogens with one attached hydrogen (secondary N) is 1. The SMILES string of the molecule is COc1ccc(N2C(=O)c3[nH]nc(-c4ccccc4)c3C2c2ccc(F)cc2)cc1. The third-order valence-corrected chi connectivity index (χ3v) is 5.35. The van der Waals surface area contributed by atoms with E-state index in [9.17, 15) is 9.18 Å². The van der Waals surface area contributed by atoms with Crippen molar-refractivity contribution in [2.45, 2.75) is 6.04 Å². The van der Waals surface area contributed by atoms with Gasteiger partial charge in [-0.2, -0.15) is 5.10 Å². The number of benzene rings is 3. The Balaban J connectivity index is 1.70. The van der Waals surface area contributed by atoms with Crippen LogP contribution in [-0.2, 0) is 0 Å². The number of hydrogen-bond acceptors (Lipinski definition) is 3. The zero-order chi connectivity index (χ0) is 20.7. The Morgan fingerprint density at radius 1 is 0.967 bits per heavy atom. The van der Waals surface area contributed by atoms with Crippen LogP contribution in [0.1, 0.15) is 27.7 Å². The number of carbonyl (C=O) groups is 1. The second-order valence-corrected chi connectivity index (χ2v) is 7.05. The minimum absolute atomic E-state index is 0.181. The van der Waals surface area contributed by atoms with E-state index in [1.807, 2.05) is 54.6 Å². The van der Waals surface area contributed by atoms with E-state index in [4.69, 9.17) is 4.74 Å². The van der Waals surface area contributed by atoms with Crippen molar-refractivity contribution in [2.24, 2.45) is 0 Å². The summed E-state index contributed by atoms with van der Waals surface area (Å²) in [6.45, 7) is 0. The van der Waals surface area contributed by atoms with Crippen molar-refractivity contribution < 1.29 is 13.9 Å². The van der Waals surface area contributed by atoms with Gasteiger partial charge in [-0.15, -0.1) is 0 Å². The van der Waals surface area contributed by atoms with Gasteiger partial charge in [-0.3, -0.25) is 14.8 Å². The average Bonchev–Trinajstić information content (AvgIpc) is 3.34. The summed E-state index contributed by atoms with van der Waals surface area (Å²) >= 11 is 0. The number of aromatic nitrogens is 2. The van der Waals surface area contributed by atoms with Crippen LogP contribution < -0.4 is 9.64 Å². The predicted octanol–water partition coefficient (Wildman–Crippen LogP) is 4.97. The van der Waals surface area contributed by atoms with Crippen molar-refractivity contribution in [3.63, 3.8) is 0 Å². The van der Waals surface area contributed by atoms with Crippen molar-refractivity contribution in [1.29, 1.82) is 0 Å². The molecule has 0 saturated heterocycles. The second-order valence-electron chi connectivity index (χ2n) is 7.05. The first-order valence-electron chi connectivity index (χ1n) is 9.54. The second kappa shape index (κ2) is 7.15. The standard InChI is InChI=1S/C24H18FN3O2/c1-30-19-13-11-18(12-14-19)28-23(16-7-9-17(25)10-8-16)20-21(15-5-3-2-4-6-15)26-27-22(20)24(28)29/h2-14,23H,1H3,(H,26,27). The quantitative estimate of drug-likeness (QED) is 0.527. The van der Waals surface area contributed by atoms with E-state index in [2.05, 4.69) is 10.2 Å². The summed E-state index contributed by atoms with van der Waals surface area (Å²) in [5, 5.41) is 7.37. The number of carbonyl (C=O) groups excluding carboxylic acids is 1. The highest BCUT2D eigenvalue weighted by atomic mass is 19.1. The average molecular weight is 399 g/mol. The molecule has 0 bridgehead atoms. The molecule has 148 valence electrons. The first kappa shape index (κ1) is 18.1. The van der Waals surface area contributed by atoms with Crippen LogP contribution in [0, 0.1) is 5.82 Å². The van der Waals surface area contributed by atoms with Gasteiger partial charge < -0.3 is 4.74 Å². The number of nitrogens with zero attached hydrogens (tertiary/aromatic N) is 2. The largest absolute Gasteiger partial charge is 0.497 e. The molecular formula is C24H18FN3O2. The van der Waals surface area contributed by atoms with Gasteiger partial charge in [-0.1, -0.05) is 42.5 Å². The number of hydrogen-bond donors (Lipinski definition) is 1. The van der Waals surface area contributed by atoms with Gasteiger partial charge in [-0.25, -0.2) is 4.39 Å². The molecule has 0 aliphatic carbocycles. The Labute approximate surface area is 172 Å². The van der Waals surface area contributed by atoms with Crippen LogP contribution in [0.15, 0.2) is 78.9 Å². The highest BCUT2D eigenvalue weighted by Crippen LogP contribution is 2.45. The minimum atomic E-state index is -0.435. The molecule has 1 aliphatic rings. The maximum atomic E-state index is 13.6. The van der Waals surface area contributed by atoms with E-state index in [0.717, 1.165) is 22.4 Å². The van der Waals surface area contributed by atoms with Crippen molar-refractivity contribution in [3.8, 4) is 17.0 Å². The van der Waals surface area contributed by atoms with E-state index in [-0.39, 0.29) is 11.7 Å². The Bertz CT molecular complexity index is 1200. The molecule has 1 aliphatic heterocycles. The molecule has 0 saturated carbocycles. The minimum Gasteiger partial charge on any atom is -0.497 e. The lowest BCUT2D eigenvalue weighted by atomic mass is 9.96. The molecule has 6 heteroatoms. The van der Waals surface area contributed by atoms with Crippen molar-refractivity contribution >= 4 is 11.6 Å². The summed E-state index contributed by atoms with van der Waals surface area (Å²) in [5.41, 5.74) is 4.38. The number of fused-ring (bicyclic) bond motifs is 1. The first-order chi connectivity index (χ1) is 14.7. The summed E-state index contributed by atoms with van der Waals surface area (Å²) in [4.78, 5) is 15.1. The molecule has 1 unspecified atom stereocenters. The monoisotopic (exact) mass is 399 g/mol. The Kier molecular flexibility index (Phi) is 4.32. The molecule has 1 N–H and O–H groups in total. The number of rotatable bonds is 4. The van der Waals surface area contributed by atoms with Crippen LogP contribution in [0.5, 0.6) is 5.75 Å². The molecule has 30 heavy (non-hydrogen) atoms. The highest BCUT2D eigenvalue weighted by molar-refractivity contribution is 6.11. The molecule has 1 amide bonds. The number of amides is 1. The fourth-order valence-electron chi connectivity index (χ4n) is 3.93. The number of ether oxygens (including phenoxy) is 1. The van der Waals surface area contributed by atoms with E-state index < -0.39 is 6.04 Å². The fourth-order valence-corrected chi connectivity index (χ4v) is 3.93. The van der Waals surface area contributed by atoms with Crippen LogP contribution in [0.3, 0.4) is 0 Å². The maximum Gasteiger partial charge on any atom is 0.277 e. The normalized spacial score (nSPS) is 15.3. The predicted molar refractivity (Wildman–Crippen MR) is 112 cm³/mol. The summed E-state index contributed by atoms with van der Waals surface area (Å²) in [6, 6.07) is 22.8. The van der Waals surface area contributed by atoms with E-state index in [0.29, 0.717) is 17.1 Å². The van der Waals surface area contributed by atoms with Crippen molar-refractivity contribution in [1.82, 2.24) is 10.2 Å². The van der Waals surface area contributed by atoms with Gasteiger partial charge in [0.25, 0.3) is 5.91 Å². The summed E-state index contributed by atoms with van der Waals surface area (Å²) < 4.78 is 18.9. The van der Waals surface area contributed by atoms with Crippen LogP contribution in [0.2, 0.25) is 0 Å². The lowest BCUT2D eigenvalue weighted by Crippen LogP contribution is -2.29. The van der Waals surface area contributed by atoms with Gasteiger partial charge in [0.05, 0.1) is 18.8 Å². The number of halogens is 1. The number of H-pyrrole nitrogens is 1. The highest BCUT2D eigenvalue weighted by Gasteiger charge is 2.43. The molecule has 2 heterocycles. The van der Waals surface area contributed by atoms with E-state index >= 15 is 0 Å². The zero-order valence-corrected chi connectivity index (χ0v) is 16.2. The van der Waals surface area contributed by atoms with Gasteiger partial charge in [0, 0.05) is 16.8 Å². The van der Waals surface area contributed by atoms with Gasteiger partial charge in [0.1, 0.15) is 17.3 Å². The van der Waals surface area contributed by atoms with Crippen molar-refractivity contribution in [2.75, 3.05) is 12.0 Å². The Hall–Kier alpha value is -3.93. The Morgan fingerprint density at radius 2 is 1.67 bits per heavy atom. The van der Waals surface area contributed by atoms with Gasteiger partial charge in [0.15, 0.2) is 0 Å². The van der Waals surface area contributed by atoms with Crippen LogP contribution in [-0.4, -0.2) is 23.2 Å². The summed E-state index contributed by atoms with van der Waals surface area (Å²) in [6.07, 6.45) is 0. The summed E-state index contributed by atoms with van der Waals surface area (Å²) in [7, 11) is 1.60. The van der Waals surface area contributed by atoms with Crippen LogP contribution in [0.4, 0.5) is 10.1 Å². The molecular weight excluding hydrogens is 381 g/mol. The zero-order valence-electron chi connectivity index (χ0n) is 16.2. The van der Waals surface area contributed by atoms with Gasteiger partial charge in [0.2, 0.25) is 0 Å². The topological polar surface area (TPSA) is 58.2 Å². The molecule has 5 rings (SSSR count). The van der Waals surface area contributed by atoms with Gasteiger partial charge in [-0.05, 0) is 42.0 Å². The molecule has 1 atom stereocenters. The summed E-state index contributed by atoms with van der Waals surface area (Å²) in [5.74, 6) is 0.197. The lowest BCUT2D eigenvalue weighted by Gasteiger charge is -2.26. The molecule has 4 aromatic rings. The van der Waals surface area contributed by atoms with Crippen LogP contribution in [0.25, 0.3) is 11.3 Å². The number of aromatic amines is 1. The molecule has 0 fully saturated rings. The van der Waals surface area contributed by atoms with Crippen LogP contribution >= 0.6 is 0 Å². The smallest absolute Gasteiger partial charge is 0.277 e. The number of methoxy groups -OCH3 is 1.